The van der Waals surface area contributed by atoms with Crippen LogP contribution in [0.1, 0.15) is 34.1 Å². The Morgan fingerprint density at radius 1 is 1.12 bits per heavy atom. The fourth-order valence-electron chi connectivity index (χ4n) is 1.76. The summed E-state index contributed by atoms with van der Waals surface area (Å²) in [5.74, 6) is -1.16. The monoisotopic (exact) mass is 404 g/mol. The second kappa shape index (κ2) is 9.64. The van der Waals surface area contributed by atoms with Gasteiger partial charge < -0.3 is 20.1 Å². The second-order valence-electron chi connectivity index (χ2n) is 6.46. The number of anilines is 1. The van der Waals surface area contributed by atoms with Crippen LogP contribution in [0.3, 0.4) is 0 Å². The Kier molecular flexibility index (Phi) is 8.17. The number of nitrogens with one attached hydrogen (secondary N) is 2. The summed E-state index contributed by atoms with van der Waals surface area (Å²) in [6, 6.07) is 4.56. The van der Waals surface area contributed by atoms with Crippen LogP contribution >= 0.6 is 23.2 Å². The van der Waals surface area contributed by atoms with Crippen LogP contribution in [0.4, 0.5) is 10.5 Å². The van der Waals surface area contributed by atoms with Crippen molar-refractivity contribution in [2.75, 3.05) is 11.9 Å². The van der Waals surface area contributed by atoms with E-state index in [-0.39, 0.29) is 13.0 Å². The van der Waals surface area contributed by atoms with Crippen LogP contribution in [0.25, 0.3) is 0 Å². The number of hydrogen-bond acceptors (Lipinski definition) is 5. The summed E-state index contributed by atoms with van der Waals surface area (Å²) in [4.78, 5) is 35.3. The summed E-state index contributed by atoms with van der Waals surface area (Å²) < 4.78 is 10.1. The fourth-order valence-corrected chi connectivity index (χ4v) is 2.29. The molecule has 0 heterocycles. The molecule has 0 saturated heterocycles. The Hall–Kier alpha value is -1.99. The summed E-state index contributed by atoms with van der Waals surface area (Å²) in [7, 11) is 0. The number of halogens is 2. The van der Waals surface area contributed by atoms with Crippen LogP contribution in [0.2, 0.25) is 10.0 Å². The van der Waals surface area contributed by atoms with Gasteiger partial charge in [0.2, 0.25) is 0 Å². The topological polar surface area (TPSA) is 93.7 Å². The zero-order chi connectivity index (χ0) is 19.9. The Bertz CT molecular complexity index is 653. The number of benzene rings is 1. The van der Waals surface area contributed by atoms with Crippen molar-refractivity contribution in [3.63, 3.8) is 0 Å². The molecule has 2 N–H and O–H groups in total. The minimum absolute atomic E-state index is 0.0337. The van der Waals surface area contributed by atoms with Gasteiger partial charge >= 0.3 is 12.1 Å². The van der Waals surface area contributed by atoms with Gasteiger partial charge in [-0.3, -0.25) is 9.59 Å². The molecule has 0 fully saturated rings. The van der Waals surface area contributed by atoms with Gasteiger partial charge in [0.1, 0.15) is 5.60 Å². The van der Waals surface area contributed by atoms with Crippen LogP contribution in [0, 0.1) is 0 Å². The molecular weight excluding hydrogens is 383 g/mol. The maximum Gasteiger partial charge on any atom is 0.407 e. The molecule has 1 aromatic carbocycles. The van der Waals surface area contributed by atoms with E-state index in [0.717, 1.165) is 0 Å². The molecule has 0 unspecified atom stereocenters. The zero-order valence-electron chi connectivity index (χ0n) is 15.0. The highest BCUT2D eigenvalue weighted by Gasteiger charge is 2.19. The Morgan fingerprint density at radius 3 is 2.23 bits per heavy atom. The lowest BCUT2D eigenvalue weighted by Crippen LogP contribution is -2.35. The maximum absolute atomic E-state index is 12.0. The third kappa shape index (κ3) is 8.92. The van der Waals surface area contributed by atoms with Crippen molar-refractivity contribution in [1.29, 1.82) is 0 Å². The summed E-state index contributed by atoms with van der Waals surface area (Å²) in [6.07, 6.45) is -1.75. The first-order valence-corrected chi connectivity index (χ1v) is 8.65. The largest absolute Gasteiger partial charge is 0.452 e. The molecule has 2 amide bonds. The Morgan fingerprint density at radius 2 is 1.69 bits per heavy atom. The molecule has 0 aliphatic rings. The number of carbonyl (C=O) groups excluding carboxylic acids is 3. The molecule has 1 atom stereocenters. The third-order valence-corrected chi connectivity index (χ3v) is 3.24. The predicted octanol–water partition coefficient (Wildman–Crippen LogP) is 3.78. The molecule has 0 saturated carbocycles. The van der Waals surface area contributed by atoms with E-state index in [1.54, 1.807) is 20.8 Å². The molecule has 0 radical (unpaired) electrons. The fraction of sp³-hybridized carbons (Fsp3) is 0.471. The first-order valence-electron chi connectivity index (χ1n) is 7.89. The van der Waals surface area contributed by atoms with E-state index in [9.17, 15) is 14.4 Å². The molecule has 144 valence electrons. The van der Waals surface area contributed by atoms with Crippen LogP contribution in [-0.2, 0) is 19.1 Å². The van der Waals surface area contributed by atoms with E-state index in [1.807, 2.05) is 0 Å². The molecule has 7 nitrogen and oxygen atoms in total. The highest BCUT2D eigenvalue weighted by Crippen LogP contribution is 2.22. The van der Waals surface area contributed by atoms with Gasteiger partial charge in [0, 0.05) is 22.3 Å². The average molecular weight is 405 g/mol. The SMILES string of the molecule is C[C@@H](OC(=O)CCNC(=O)OC(C)(C)C)C(=O)Nc1cc(Cl)cc(Cl)c1. The van der Waals surface area contributed by atoms with Crippen molar-refractivity contribution in [2.24, 2.45) is 0 Å². The van der Waals surface area contributed by atoms with Gasteiger partial charge in [-0.2, -0.15) is 0 Å². The first-order chi connectivity index (χ1) is 12.0. The van der Waals surface area contributed by atoms with Crippen molar-refractivity contribution in [1.82, 2.24) is 5.32 Å². The molecule has 1 aromatic rings. The van der Waals surface area contributed by atoms with E-state index in [4.69, 9.17) is 32.7 Å². The molecule has 0 spiro atoms. The number of rotatable bonds is 6. The van der Waals surface area contributed by atoms with Gasteiger partial charge in [-0.1, -0.05) is 23.2 Å². The second-order valence-corrected chi connectivity index (χ2v) is 7.33. The minimum atomic E-state index is -1.03. The number of esters is 1. The predicted molar refractivity (Wildman–Crippen MR) is 99.5 cm³/mol. The molecule has 0 bridgehead atoms. The van der Waals surface area contributed by atoms with Gasteiger partial charge in [-0.25, -0.2) is 4.79 Å². The molecule has 0 aliphatic heterocycles. The van der Waals surface area contributed by atoms with E-state index >= 15 is 0 Å². The molecule has 0 aromatic heterocycles. The highest BCUT2D eigenvalue weighted by molar-refractivity contribution is 6.35. The summed E-state index contributed by atoms with van der Waals surface area (Å²) in [5, 5.41) is 5.72. The number of hydrogen-bond donors (Lipinski definition) is 2. The van der Waals surface area contributed by atoms with Gasteiger partial charge in [0.05, 0.1) is 6.42 Å². The number of carbonyl (C=O) groups is 3. The van der Waals surface area contributed by atoms with Gasteiger partial charge in [0.25, 0.3) is 5.91 Å². The number of ether oxygens (including phenoxy) is 2. The molecule has 0 aliphatic carbocycles. The van der Waals surface area contributed by atoms with Crippen LogP contribution in [0.15, 0.2) is 18.2 Å². The summed E-state index contributed by atoms with van der Waals surface area (Å²) in [5.41, 5.74) is -0.234. The molecular formula is C17H22Cl2N2O5. The van der Waals surface area contributed by atoms with Crippen LogP contribution < -0.4 is 10.6 Å². The van der Waals surface area contributed by atoms with Crippen LogP contribution in [-0.4, -0.2) is 36.2 Å². The minimum Gasteiger partial charge on any atom is -0.452 e. The van der Waals surface area contributed by atoms with E-state index < -0.39 is 29.7 Å². The normalized spacial score (nSPS) is 12.1. The van der Waals surface area contributed by atoms with E-state index in [0.29, 0.717) is 15.7 Å². The summed E-state index contributed by atoms with van der Waals surface area (Å²) >= 11 is 11.7. The number of alkyl carbamates (subject to hydrolysis) is 1. The molecule has 9 heteroatoms. The first kappa shape index (κ1) is 22.1. The van der Waals surface area contributed by atoms with Gasteiger partial charge in [-0.05, 0) is 45.9 Å². The average Bonchev–Trinajstić information content (AvgIpc) is 2.43. The molecule has 26 heavy (non-hydrogen) atoms. The van der Waals surface area contributed by atoms with Crippen molar-refractivity contribution in [3.8, 4) is 0 Å². The zero-order valence-corrected chi connectivity index (χ0v) is 16.5. The lowest BCUT2D eigenvalue weighted by atomic mass is 10.2. The Balaban J connectivity index is 2.39. The van der Waals surface area contributed by atoms with Crippen molar-refractivity contribution < 1.29 is 23.9 Å². The highest BCUT2D eigenvalue weighted by atomic mass is 35.5. The summed E-state index contributed by atoms with van der Waals surface area (Å²) in [6.45, 7) is 6.66. The standard InChI is InChI=1S/C17H22Cl2N2O5/c1-10(15(23)21-13-8-11(18)7-12(19)9-13)25-14(22)5-6-20-16(24)26-17(2,3)4/h7-10H,5-6H2,1-4H3,(H,20,24)(H,21,23)/t10-/m1/s1. The van der Waals surface area contributed by atoms with Crippen LogP contribution in [0.5, 0.6) is 0 Å². The maximum atomic E-state index is 12.0. The van der Waals surface area contributed by atoms with Crippen molar-refractivity contribution in [3.05, 3.63) is 28.2 Å². The lowest BCUT2D eigenvalue weighted by Gasteiger charge is -2.19. The van der Waals surface area contributed by atoms with E-state index in [2.05, 4.69) is 10.6 Å². The van der Waals surface area contributed by atoms with E-state index in [1.165, 1.54) is 25.1 Å². The Labute approximate surface area is 162 Å². The smallest absolute Gasteiger partial charge is 0.407 e. The lowest BCUT2D eigenvalue weighted by molar-refractivity contribution is -0.153. The van der Waals surface area contributed by atoms with Crippen molar-refractivity contribution >= 4 is 46.9 Å². The number of amides is 2. The third-order valence-electron chi connectivity index (χ3n) is 2.80. The molecule has 1 rings (SSSR count). The van der Waals surface area contributed by atoms with Gasteiger partial charge in [0.15, 0.2) is 6.10 Å². The van der Waals surface area contributed by atoms with Crippen molar-refractivity contribution in [2.45, 2.75) is 45.8 Å². The van der Waals surface area contributed by atoms with Gasteiger partial charge in [-0.15, -0.1) is 0 Å². The quantitative estimate of drug-likeness (QED) is 0.703.